The standard InChI is InChI=1S/C47H65NO9/c1-3-4-11-41(52)42(53)22-17-32-13-12-31-9-5-6-10-38(31)34-16-21-40(33-14-19-36(50)20-15-33)46(2,57)30-48-45(39(32)27-37(51)29-49)35(26-34)18-23-43(54)47(28-44(55)56)24-7-8-25-47/h5-6,9-10,14-15,17,19-20,22,34-35,37,40-43,45,48-54,57H,3-4,7-8,11-13,18,23-30H2,1-2H3,(H,55,56). The molecule has 0 aromatic heterocycles. The Labute approximate surface area is 338 Å². The average Bonchev–Trinajstić information content (AvgIpc) is 3.67. The van der Waals surface area contributed by atoms with Crippen molar-refractivity contribution in [3.05, 3.63) is 88.5 Å². The predicted octanol–water partition coefficient (Wildman–Crippen LogP) is 5.62. The van der Waals surface area contributed by atoms with Gasteiger partial charge < -0.3 is 46.2 Å². The van der Waals surface area contributed by atoms with Gasteiger partial charge in [-0.15, -0.1) is 0 Å². The molecule has 9 unspecified atom stereocenters. The van der Waals surface area contributed by atoms with Crippen LogP contribution in [-0.4, -0.2) is 96.0 Å². The van der Waals surface area contributed by atoms with Gasteiger partial charge in [0.25, 0.3) is 0 Å². The van der Waals surface area contributed by atoms with E-state index in [-0.39, 0.29) is 37.0 Å². The van der Waals surface area contributed by atoms with Gasteiger partial charge in [-0.3, -0.25) is 4.79 Å². The third kappa shape index (κ3) is 11.6. The molecule has 1 heterocycles. The summed E-state index contributed by atoms with van der Waals surface area (Å²) in [7, 11) is 0. The van der Waals surface area contributed by atoms with E-state index in [4.69, 9.17) is 0 Å². The number of aliphatic hydroxyl groups excluding tert-OH is 5. The van der Waals surface area contributed by atoms with Crippen molar-refractivity contribution in [2.75, 3.05) is 13.2 Å². The zero-order valence-electron chi connectivity index (χ0n) is 33.7. The maximum atomic E-state index is 12.3. The average molecular weight is 788 g/mol. The number of hydrogen-bond acceptors (Lipinski definition) is 9. The van der Waals surface area contributed by atoms with Gasteiger partial charge in [0.05, 0.1) is 49.0 Å². The molecule has 2 bridgehead atoms. The van der Waals surface area contributed by atoms with Crippen molar-refractivity contribution >= 4 is 5.97 Å². The normalized spacial score (nSPS) is 27.2. The van der Waals surface area contributed by atoms with Crippen molar-refractivity contribution in [2.24, 2.45) is 11.3 Å². The maximum absolute atomic E-state index is 12.3. The first kappa shape index (κ1) is 44.6. The van der Waals surface area contributed by atoms with Gasteiger partial charge >= 0.3 is 5.97 Å². The molecule has 1 saturated carbocycles. The van der Waals surface area contributed by atoms with Gasteiger partial charge in [0.15, 0.2) is 0 Å². The molecule has 9 N–H and O–H groups in total. The highest BCUT2D eigenvalue weighted by Crippen LogP contribution is 2.47. The topological polar surface area (TPSA) is 191 Å². The molecule has 1 aliphatic heterocycles. The molecule has 0 amide bonds. The van der Waals surface area contributed by atoms with Crippen LogP contribution in [0.15, 0.2) is 71.8 Å². The van der Waals surface area contributed by atoms with Crippen LogP contribution in [0.3, 0.4) is 0 Å². The van der Waals surface area contributed by atoms with Crippen LogP contribution in [0.4, 0.5) is 0 Å². The predicted molar refractivity (Wildman–Crippen MR) is 220 cm³/mol. The summed E-state index contributed by atoms with van der Waals surface area (Å²) in [6.07, 6.45) is 7.01. The molecular weight excluding hydrogens is 723 g/mol. The third-order valence-electron chi connectivity index (χ3n) is 12.9. The van der Waals surface area contributed by atoms with E-state index in [0.29, 0.717) is 51.4 Å². The number of unbranched alkanes of at least 4 members (excludes halogenated alkanes) is 1. The largest absolute Gasteiger partial charge is 0.508 e. The Morgan fingerprint density at radius 3 is 2.40 bits per heavy atom. The molecule has 10 nitrogen and oxygen atoms in total. The van der Waals surface area contributed by atoms with Crippen molar-refractivity contribution in [2.45, 2.75) is 152 Å². The van der Waals surface area contributed by atoms with Gasteiger partial charge in [-0.05, 0) is 111 Å². The number of nitrogens with one attached hydrogen (secondary N) is 1. The van der Waals surface area contributed by atoms with Gasteiger partial charge in [-0.25, -0.2) is 0 Å². The van der Waals surface area contributed by atoms with Crippen LogP contribution in [0.25, 0.3) is 0 Å². The lowest BCUT2D eigenvalue weighted by Gasteiger charge is -2.40. The first-order valence-corrected chi connectivity index (χ1v) is 21.1. The van der Waals surface area contributed by atoms with Crippen molar-refractivity contribution in [1.82, 2.24) is 5.32 Å². The summed E-state index contributed by atoms with van der Waals surface area (Å²) in [5.74, 6) is 5.07. The molecule has 2 aliphatic carbocycles. The zero-order chi connectivity index (χ0) is 41.2. The Morgan fingerprint density at radius 1 is 1.00 bits per heavy atom. The van der Waals surface area contributed by atoms with Gasteiger partial charge in [0.2, 0.25) is 0 Å². The van der Waals surface area contributed by atoms with Crippen molar-refractivity contribution in [1.29, 1.82) is 0 Å². The number of carboxylic acids is 1. The fourth-order valence-corrected chi connectivity index (χ4v) is 9.54. The second kappa shape index (κ2) is 20.4. The van der Waals surface area contributed by atoms with Crippen LogP contribution >= 0.6 is 0 Å². The lowest BCUT2D eigenvalue weighted by Crippen LogP contribution is -2.50. The van der Waals surface area contributed by atoms with E-state index in [9.17, 15) is 45.6 Å². The van der Waals surface area contributed by atoms with Gasteiger partial charge in [-0.2, -0.15) is 0 Å². The summed E-state index contributed by atoms with van der Waals surface area (Å²) < 4.78 is 0. The number of aryl methyl sites for hydroxylation is 1. The molecule has 0 saturated heterocycles. The van der Waals surface area contributed by atoms with Crippen LogP contribution in [-0.2, 0) is 11.2 Å². The minimum Gasteiger partial charge on any atom is -0.508 e. The minimum atomic E-state index is -1.43. The number of rotatable bonds is 16. The van der Waals surface area contributed by atoms with E-state index in [2.05, 4.69) is 29.3 Å². The van der Waals surface area contributed by atoms with Crippen LogP contribution in [0, 0.1) is 23.2 Å². The molecule has 10 heteroatoms. The van der Waals surface area contributed by atoms with E-state index in [0.717, 1.165) is 53.5 Å². The van der Waals surface area contributed by atoms with Crippen molar-refractivity contribution in [3.63, 3.8) is 0 Å². The highest BCUT2D eigenvalue weighted by molar-refractivity contribution is 5.68. The van der Waals surface area contributed by atoms with Crippen LogP contribution in [0.2, 0.25) is 0 Å². The Kier molecular flexibility index (Phi) is 16.0. The molecule has 0 radical (unpaired) electrons. The molecule has 3 aliphatic rings. The summed E-state index contributed by atoms with van der Waals surface area (Å²) in [5.41, 5.74) is 2.36. The number of aromatic hydroxyl groups is 1. The first-order valence-electron chi connectivity index (χ1n) is 21.1. The van der Waals surface area contributed by atoms with E-state index in [1.807, 2.05) is 25.1 Å². The summed E-state index contributed by atoms with van der Waals surface area (Å²) in [6, 6.07) is 14.4. The number of carboxylic acid groups (broad SMARTS) is 1. The quantitative estimate of drug-likeness (QED) is 0.0966. The number of aliphatic hydroxyl groups is 6. The number of phenolic OH excluding ortho intramolecular Hbond substituents is 1. The van der Waals surface area contributed by atoms with E-state index in [1.54, 1.807) is 37.3 Å². The van der Waals surface area contributed by atoms with E-state index >= 15 is 0 Å². The van der Waals surface area contributed by atoms with Crippen molar-refractivity contribution in [3.8, 4) is 17.6 Å². The number of phenols is 1. The number of hydrogen-bond donors (Lipinski definition) is 9. The van der Waals surface area contributed by atoms with E-state index in [1.165, 1.54) is 0 Å². The fourth-order valence-electron chi connectivity index (χ4n) is 9.54. The second-order valence-corrected chi connectivity index (χ2v) is 17.2. The number of fused-ring (bicyclic) bond motifs is 5. The number of aliphatic carboxylic acids is 1. The summed E-state index contributed by atoms with van der Waals surface area (Å²) in [6.45, 7) is 3.35. The van der Waals surface area contributed by atoms with Crippen LogP contribution in [0.5, 0.6) is 5.75 Å². The molecule has 57 heavy (non-hydrogen) atoms. The molecule has 2 aromatic rings. The Morgan fingerprint density at radius 2 is 1.72 bits per heavy atom. The number of allylic oxidation sites excluding steroid dienone is 2. The number of benzene rings is 2. The monoisotopic (exact) mass is 787 g/mol. The summed E-state index contributed by atoms with van der Waals surface area (Å²) in [4.78, 5) is 12.1. The van der Waals surface area contributed by atoms with Crippen LogP contribution in [0.1, 0.15) is 126 Å². The molecule has 1 fully saturated rings. The zero-order valence-corrected chi connectivity index (χ0v) is 33.7. The van der Waals surface area contributed by atoms with Crippen LogP contribution < -0.4 is 5.32 Å². The SMILES string of the molecule is CCCCC(O)C(O)C=CC1=C(CC(O)CO)C2NCC(C)(O)C(c3ccc(O)cc3)C#CC(CC2CCC(O)C2(CC(=O)O)CCCC2)c2ccccc2CC1. The van der Waals surface area contributed by atoms with Gasteiger partial charge in [-0.1, -0.05) is 93.0 Å². The fraction of sp³-hybridized carbons (Fsp3) is 0.596. The van der Waals surface area contributed by atoms with E-state index < -0.39 is 60.0 Å². The molecule has 9 atom stereocenters. The molecule has 5 rings (SSSR count). The maximum Gasteiger partial charge on any atom is 0.304 e. The number of β-amino-alcohol motifs (C(OH)–C–C–N with tert-alkyl or cyclic N) is 1. The second-order valence-electron chi connectivity index (χ2n) is 17.2. The Bertz CT molecular complexity index is 1730. The molecular formula is C47H65NO9. The van der Waals surface area contributed by atoms with Gasteiger partial charge in [0, 0.05) is 23.9 Å². The first-order chi connectivity index (χ1) is 27.3. The lowest BCUT2D eigenvalue weighted by molar-refractivity contribution is -0.142. The number of carbonyl (C=O) groups is 1. The minimum absolute atomic E-state index is 0.0786. The van der Waals surface area contributed by atoms with Crippen molar-refractivity contribution < 1.29 is 45.6 Å². The third-order valence-corrected chi connectivity index (χ3v) is 12.9. The van der Waals surface area contributed by atoms with Gasteiger partial charge in [0.1, 0.15) is 5.75 Å². The molecule has 312 valence electrons. The summed E-state index contributed by atoms with van der Waals surface area (Å²) >= 11 is 0. The summed E-state index contributed by atoms with van der Waals surface area (Å²) in [5, 5.41) is 91.1. The lowest BCUT2D eigenvalue weighted by atomic mass is 9.71. The Balaban J connectivity index is 1.69. The highest BCUT2D eigenvalue weighted by atomic mass is 16.4. The highest BCUT2D eigenvalue weighted by Gasteiger charge is 2.44. The Hall–Kier alpha value is -3.53. The molecule has 0 spiro atoms. The molecule has 2 aromatic carbocycles. The smallest absolute Gasteiger partial charge is 0.304 e.